The highest BCUT2D eigenvalue weighted by Crippen LogP contribution is 2.54. The van der Waals surface area contributed by atoms with E-state index in [-0.39, 0.29) is 0 Å². The molecule has 0 heterocycles. The molecule has 3 aliphatic rings. The summed E-state index contributed by atoms with van der Waals surface area (Å²) in [5.41, 5.74) is 6.68. The van der Waals surface area contributed by atoms with Crippen LogP contribution in [0.4, 0.5) is 0 Å². The molecule has 4 atom stereocenters. The Bertz CT molecular complexity index is 197. The van der Waals surface area contributed by atoms with Gasteiger partial charge in [-0.2, -0.15) is 0 Å². The lowest BCUT2D eigenvalue weighted by Gasteiger charge is -2.34. The highest BCUT2D eigenvalue weighted by molar-refractivity contribution is 5.04. The summed E-state index contributed by atoms with van der Waals surface area (Å²) < 4.78 is 0. The van der Waals surface area contributed by atoms with Crippen molar-refractivity contribution >= 4 is 0 Å². The number of nitrogens with two attached hydrogens (primary N) is 1. The summed E-state index contributed by atoms with van der Waals surface area (Å²) in [6, 6.07) is 0. The lowest BCUT2D eigenvalue weighted by molar-refractivity contribution is 0.222. The molecule has 0 saturated heterocycles. The number of fused-ring (bicyclic) bond motifs is 2. The summed E-state index contributed by atoms with van der Waals surface area (Å²) in [4.78, 5) is 0. The highest BCUT2D eigenvalue weighted by Gasteiger charge is 2.49. The van der Waals surface area contributed by atoms with E-state index in [2.05, 4.69) is 0 Å². The Morgan fingerprint density at radius 2 is 1.83 bits per heavy atom. The van der Waals surface area contributed by atoms with Crippen LogP contribution in [0.1, 0.15) is 44.9 Å². The monoisotopic (exact) mass is 165 g/mol. The van der Waals surface area contributed by atoms with Gasteiger partial charge in [-0.3, -0.25) is 0 Å². The lowest BCUT2D eigenvalue weighted by atomic mass is 9.76. The SMILES string of the molecule is NC12CC3CCCC(C1)C(C3)C2. The molecule has 0 aromatic rings. The Hall–Kier alpha value is -0.0400. The third-order valence-corrected chi connectivity index (χ3v) is 4.52. The zero-order valence-corrected chi connectivity index (χ0v) is 7.76. The summed E-state index contributed by atoms with van der Waals surface area (Å²) >= 11 is 0. The Morgan fingerprint density at radius 3 is 2.75 bits per heavy atom. The molecule has 0 aromatic carbocycles. The topological polar surface area (TPSA) is 26.0 Å². The molecule has 3 rings (SSSR count). The fraction of sp³-hybridized carbons (Fsp3) is 1.00. The van der Waals surface area contributed by atoms with Crippen molar-refractivity contribution in [1.29, 1.82) is 0 Å². The second-order valence-corrected chi connectivity index (χ2v) is 5.53. The van der Waals surface area contributed by atoms with Crippen LogP contribution in [0.15, 0.2) is 0 Å². The van der Waals surface area contributed by atoms with Gasteiger partial charge in [0.05, 0.1) is 0 Å². The van der Waals surface area contributed by atoms with E-state index in [0.29, 0.717) is 5.54 Å². The molecular formula is C11H19N. The fourth-order valence-corrected chi connectivity index (χ4v) is 4.22. The summed E-state index contributed by atoms with van der Waals surface area (Å²) in [7, 11) is 0. The molecule has 3 aliphatic carbocycles. The average Bonchev–Trinajstić information content (AvgIpc) is 2.10. The van der Waals surface area contributed by atoms with Crippen molar-refractivity contribution in [2.24, 2.45) is 23.5 Å². The molecule has 0 radical (unpaired) electrons. The maximum atomic E-state index is 6.39. The minimum absolute atomic E-state index is 0.290. The van der Waals surface area contributed by atoms with Crippen LogP contribution in [0.3, 0.4) is 0 Å². The Morgan fingerprint density at radius 1 is 1.00 bits per heavy atom. The Labute approximate surface area is 74.7 Å². The van der Waals surface area contributed by atoms with E-state index >= 15 is 0 Å². The van der Waals surface area contributed by atoms with Gasteiger partial charge in [0, 0.05) is 5.54 Å². The molecule has 0 spiro atoms. The van der Waals surface area contributed by atoms with Crippen molar-refractivity contribution in [2.45, 2.75) is 50.5 Å². The predicted octanol–water partition coefficient (Wildman–Crippen LogP) is 2.30. The molecule has 2 N–H and O–H groups in total. The number of hydrogen-bond acceptors (Lipinski definition) is 1. The second-order valence-electron chi connectivity index (χ2n) is 5.53. The molecular weight excluding hydrogens is 146 g/mol. The summed E-state index contributed by atoms with van der Waals surface area (Å²) in [6.45, 7) is 0. The van der Waals surface area contributed by atoms with Gasteiger partial charge < -0.3 is 5.73 Å². The maximum absolute atomic E-state index is 6.39. The Kier molecular flexibility index (Phi) is 1.39. The lowest BCUT2D eigenvalue weighted by Crippen LogP contribution is -2.41. The van der Waals surface area contributed by atoms with Crippen LogP contribution in [0, 0.1) is 17.8 Å². The van der Waals surface area contributed by atoms with Crippen LogP contribution in [0.2, 0.25) is 0 Å². The molecule has 1 nitrogen and oxygen atoms in total. The van der Waals surface area contributed by atoms with Crippen molar-refractivity contribution < 1.29 is 0 Å². The van der Waals surface area contributed by atoms with E-state index in [1.165, 1.54) is 44.9 Å². The minimum Gasteiger partial charge on any atom is -0.325 e. The largest absolute Gasteiger partial charge is 0.325 e. The van der Waals surface area contributed by atoms with Gasteiger partial charge in [-0.15, -0.1) is 0 Å². The van der Waals surface area contributed by atoms with Gasteiger partial charge in [0.25, 0.3) is 0 Å². The zero-order chi connectivity index (χ0) is 8.18. The van der Waals surface area contributed by atoms with E-state index in [9.17, 15) is 0 Å². The highest BCUT2D eigenvalue weighted by atomic mass is 14.8. The first-order chi connectivity index (χ1) is 5.75. The molecule has 0 amide bonds. The van der Waals surface area contributed by atoms with E-state index in [0.717, 1.165) is 17.8 Å². The van der Waals surface area contributed by atoms with Gasteiger partial charge in [0.15, 0.2) is 0 Å². The maximum Gasteiger partial charge on any atom is 0.0162 e. The molecule has 3 bridgehead atoms. The van der Waals surface area contributed by atoms with Crippen LogP contribution in [0.25, 0.3) is 0 Å². The van der Waals surface area contributed by atoms with Crippen molar-refractivity contribution in [3.63, 3.8) is 0 Å². The van der Waals surface area contributed by atoms with E-state index in [1.807, 2.05) is 0 Å². The normalized spacial score (nSPS) is 57.2. The summed E-state index contributed by atoms with van der Waals surface area (Å²) in [5.74, 6) is 3.04. The molecule has 1 heteroatoms. The number of hydrogen-bond donors (Lipinski definition) is 1. The first-order valence-electron chi connectivity index (χ1n) is 5.54. The first kappa shape index (κ1) is 7.37. The van der Waals surface area contributed by atoms with Gasteiger partial charge in [0.1, 0.15) is 0 Å². The average molecular weight is 165 g/mol. The van der Waals surface area contributed by atoms with Gasteiger partial charge in [-0.05, 0) is 43.4 Å². The second kappa shape index (κ2) is 2.25. The third kappa shape index (κ3) is 0.953. The standard InChI is InChI=1S/C11H19N/c12-11-5-8-2-1-3-9(6-11)10(4-8)7-11/h8-10H,1-7,12H2. The quantitative estimate of drug-likeness (QED) is 0.585. The molecule has 0 aliphatic heterocycles. The van der Waals surface area contributed by atoms with Crippen LogP contribution < -0.4 is 5.73 Å². The summed E-state index contributed by atoms with van der Waals surface area (Å²) in [5, 5.41) is 0. The first-order valence-corrected chi connectivity index (χ1v) is 5.54. The van der Waals surface area contributed by atoms with Gasteiger partial charge in [-0.25, -0.2) is 0 Å². The van der Waals surface area contributed by atoms with Crippen LogP contribution in [0.5, 0.6) is 0 Å². The molecule has 0 aromatic heterocycles. The van der Waals surface area contributed by atoms with Crippen molar-refractivity contribution in [1.82, 2.24) is 0 Å². The minimum atomic E-state index is 0.290. The fourth-order valence-electron chi connectivity index (χ4n) is 4.22. The molecule has 68 valence electrons. The van der Waals surface area contributed by atoms with Crippen molar-refractivity contribution in [3.05, 3.63) is 0 Å². The van der Waals surface area contributed by atoms with Crippen molar-refractivity contribution in [3.8, 4) is 0 Å². The molecule has 4 unspecified atom stereocenters. The third-order valence-electron chi connectivity index (χ3n) is 4.52. The number of rotatable bonds is 0. The molecule has 3 saturated carbocycles. The van der Waals surface area contributed by atoms with E-state index in [1.54, 1.807) is 0 Å². The van der Waals surface area contributed by atoms with Crippen LogP contribution in [-0.4, -0.2) is 5.54 Å². The van der Waals surface area contributed by atoms with Crippen molar-refractivity contribution in [2.75, 3.05) is 0 Å². The van der Waals surface area contributed by atoms with Crippen LogP contribution in [-0.2, 0) is 0 Å². The van der Waals surface area contributed by atoms with Gasteiger partial charge in [0.2, 0.25) is 0 Å². The zero-order valence-electron chi connectivity index (χ0n) is 7.76. The van der Waals surface area contributed by atoms with E-state index in [4.69, 9.17) is 5.73 Å². The van der Waals surface area contributed by atoms with E-state index < -0.39 is 0 Å². The van der Waals surface area contributed by atoms with Crippen LogP contribution >= 0.6 is 0 Å². The predicted molar refractivity (Wildman–Crippen MR) is 49.7 cm³/mol. The molecule has 3 fully saturated rings. The Balaban J connectivity index is 1.94. The smallest absolute Gasteiger partial charge is 0.0162 e. The summed E-state index contributed by atoms with van der Waals surface area (Å²) in [6.07, 6.45) is 10.0. The van der Waals surface area contributed by atoms with Gasteiger partial charge >= 0.3 is 0 Å². The van der Waals surface area contributed by atoms with Gasteiger partial charge in [-0.1, -0.05) is 19.3 Å². The molecule has 12 heavy (non-hydrogen) atoms.